The molecule has 194 valence electrons. The number of aliphatic hydroxyl groups is 1. The Morgan fingerprint density at radius 2 is 1.44 bits per heavy atom. The molecule has 0 radical (unpaired) electrons. The fraction of sp³-hybridized carbons (Fsp3) is 0.581. The molecular formula is C31H43N3O2. The summed E-state index contributed by atoms with van der Waals surface area (Å²) in [5.41, 5.74) is 6.23. The summed E-state index contributed by atoms with van der Waals surface area (Å²) < 4.78 is 0. The van der Waals surface area contributed by atoms with Gasteiger partial charge < -0.3 is 15.7 Å². The molecule has 2 saturated heterocycles. The second-order valence-corrected chi connectivity index (χ2v) is 11.4. The lowest BCUT2D eigenvalue weighted by Crippen LogP contribution is -2.58. The van der Waals surface area contributed by atoms with Crippen LogP contribution in [0.25, 0.3) is 0 Å². The Balaban J connectivity index is 1.28. The Labute approximate surface area is 216 Å². The molecule has 2 aromatic rings. The zero-order valence-corrected chi connectivity index (χ0v) is 21.8. The maximum Gasteiger partial charge on any atom is 0.315 e. The Bertz CT molecular complexity index is 934. The van der Waals surface area contributed by atoms with Gasteiger partial charge in [-0.1, -0.05) is 67.1 Å². The summed E-state index contributed by atoms with van der Waals surface area (Å²) in [6.45, 7) is 3.19. The number of nitrogens with two attached hydrogens (primary N) is 1. The number of nitrogens with zero attached hydrogens (tertiary/aromatic N) is 2. The van der Waals surface area contributed by atoms with Gasteiger partial charge in [-0.05, 0) is 88.3 Å². The van der Waals surface area contributed by atoms with Gasteiger partial charge in [-0.25, -0.2) is 4.79 Å². The van der Waals surface area contributed by atoms with Crippen molar-refractivity contribution in [2.75, 3.05) is 6.54 Å². The van der Waals surface area contributed by atoms with E-state index in [0.717, 1.165) is 54.8 Å². The molecule has 36 heavy (non-hydrogen) atoms. The molecule has 2 amide bonds. The predicted molar refractivity (Wildman–Crippen MR) is 144 cm³/mol. The lowest BCUT2D eigenvalue weighted by atomic mass is 9.78. The van der Waals surface area contributed by atoms with Crippen molar-refractivity contribution in [1.29, 1.82) is 0 Å². The van der Waals surface area contributed by atoms with Crippen LogP contribution in [0.5, 0.6) is 0 Å². The van der Waals surface area contributed by atoms with Crippen molar-refractivity contribution in [3.63, 3.8) is 0 Å². The standard InChI is InChI=1S/C31H43N3O2/c1-23(31(36,25-9-4-2-5-10-25)26-11-6-3-7-12-26)34(30(32)35)29-17-15-24(16-18-29)21-22-33-27-13-8-14-28(33)20-19-27/h2-7,9-12,23-24,27-29,36H,8,13-22H2,1H3,(H2,32,35). The molecule has 3 aliphatic rings. The van der Waals surface area contributed by atoms with Crippen molar-refractivity contribution in [3.05, 3.63) is 71.8 Å². The van der Waals surface area contributed by atoms with Crippen molar-refractivity contribution >= 4 is 6.03 Å². The van der Waals surface area contributed by atoms with Crippen LogP contribution in [0.3, 0.4) is 0 Å². The zero-order chi connectivity index (χ0) is 25.1. The maximum absolute atomic E-state index is 12.9. The molecule has 1 saturated carbocycles. The van der Waals surface area contributed by atoms with Crippen LogP contribution in [-0.2, 0) is 5.60 Å². The van der Waals surface area contributed by atoms with Crippen LogP contribution in [0, 0.1) is 5.92 Å². The number of benzene rings is 2. The number of carbonyl (C=O) groups is 1. The molecule has 5 rings (SSSR count). The predicted octanol–water partition coefficient (Wildman–Crippen LogP) is 5.66. The van der Waals surface area contributed by atoms with Gasteiger partial charge in [0.05, 0.1) is 6.04 Å². The Kier molecular flexibility index (Phi) is 7.68. The largest absolute Gasteiger partial charge is 0.378 e. The Morgan fingerprint density at radius 1 is 0.917 bits per heavy atom. The van der Waals surface area contributed by atoms with Gasteiger partial charge in [0.15, 0.2) is 0 Å². The van der Waals surface area contributed by atoms with Gasteiger partial charge >= 0.3 is 6.03 Å². The summed E-state index contributed by atoms with van der Waals surface area (Å²) in [5.74, 6) is 0.717. The van der Waals surface area contributed by atoms with Crippen molar-refractivity contribution in [1.82, 2.24) is 9.80 Å². The highest BCUT2D eigenvalue weighted by molar-refractivity contribution is 5.73. The first kappa shape index (κ1) is 25.3. The van der Waals surface area contributed by atoms with E-state index in [9.17, 15) is 9.90 Å². The van der Waals surface area contributed by atoms with E-state index in [4.69, 9.17) is 5.73 Å². The number of urea groups is 1. The second-order valence-electron chi connectivity index (χ2n) is 11.4. The molecule has 2 aromatic carbocycles. The monoisotopic (exact) mass is 489 g/mol. The van der Waals surface area contributed by atoms with Crippen molar-refractivity contribution < 1.29 is 9.90 Å². The summed E-state index contributed by atoms with van der Waals surface area (Å²) in [6.07, 6.45) is 12.4. The molecule has 5 nitrogen and oxygen atoms in total. The van der Waals surface area contributed by atoms with Gasteiger partial charge in [-0.2, -0.15) is 0 Å². The van der Waals surface area contributed by atoms with Crippen LogP contribution in [0.4, 0.5) is 4.79 Å². The molecule has 3 fully saturated rings. The SMILES string of the molecule is CC(N(C(N)=O)C1CCC(CCN2C3CCCC2CC3)CC1)C(O)(c1ccccc1)c1ccccc1. The van der Waals surface area contributed by atoms with Gasteiger partial charge in [0.25, 0.3) is 0 Å². The molecule has 3 N–H and O–H groups in total. The highest BCUT2D eigenvalue weighted by Crippen LogP contribution is 2.40. The molecule has 2 aliphatic heterocycles. The third kappa shape index (κ3) is 4.92. The van der Waals surface area contributed by atoms with Crippen LogP contribution in [0.15, 0.2) is 60.7 Å². The van der Waals surface area contributed by atoms with E-state index >= 15 is 0 Å². The van der Waals surface area contributed by atoms with Crippen LogP contribution in [-0.4, -0.2) is 51.6 Å². The summed E-state index contributed by atoms with van der Waals surface area (Å²) in [6, 6.07) is 20.2. The Hall–Kier alpha value is -2.37. The average molecular weight is 490 g/mol. The molecule has 5 heteroatoms. The van der Waals surface area contributed by atoms with E-state index in [0.29, 0.717) is 0 Å². The van der Waals surface area contributed by atoms with Gasteiger partial charge in [0.2, 0.25) is 0 Å². The Morgan fingerprint density at radius 3 is 1.94 bits per heavy atom. The molecule has 3 atom stereocenters. The van der Waals surface area contributed by atoms with Gasteiger partial charge in [0, 0.05) is 18.1 Å². The minimum atomic E-state index is -1.35. The molecule has 0 spiro atoms. The first-order valence-electron chi connectivity index (χ1n) is 14.2. The van der Waals surface area contributed by atoms with Gasteiger partial charge in [-0.15, -0.1) is 0 Å². The van der Waals surface area contributed by atoms with Crippen LogP contribution in [0.1, 0.15) is 82.3 Å². The topological polar surface area (TPSA) is 69.8 Å². The van der Waals surface area contributed by atoms with E-state index < -0.39 is 17.7 Å². The van der Waals surface area contributed by atoms with E-state index in [1.807, 2.05) is 67.6 Å². The van der Waals surface area contributed by atoms with E-state index in [2.05, 4.69) is 4.90 Å². The number of hydrogen-bond donors (Lipinski definition) is 2. The molecule has 1 aliphatic carbocycles. The minimum Gasteiger partial charge on any atom is -0.378 e. The molecule has 0 aromatic heterocycles. The number of primary amides is 1. The third-order valence-corrected chi connectivity index (χ3v) is 9.56. The first-order chi connectivity index (χ1) is 17.5. The first-order valence-corrected chi connectivity index (χ1v) is 14.2. The second kappa shape index (κ2) is 10.9. The highest BCUT2D eigenvalue weighted by Gasteiger charge is 2.45. The number of amides is 2. The van der Waals surface area contributed by atoms with Crippen molar-refractivity contribution in [2.24, 2.45) is 11.7 Å². The molecule has 2 bridgehead atoms. The van der Waals surface area contributed by atoms with Crippen molar-refractivity contribution in [3.8, 4) is 0 Å². The normalized spacial score (nSPS) is 27.5. The minimum absolute atomic E-state index is 0.0545. The number of rotatable bonds is 8. The lowest BCUT2D eigenvalue weighted by Gasteiger charge is -2.46. The highest BCUT2D eigenvalue weighted by atomic mass is 16.3. The number of carbonyl (C=O) groups excluding carboxylic acids is 1. The summed E-state index contributed by atoms with van der Waals surface area (Å²) in [7, 11) is 0. The van der Waals surface area contributed by atoms with E-state index in [1.54, 1.807) is 4.90 Å². The summed E-state index contributed by atoms with van der Waals surface area (Å²) >= 11 is 0. The average Bonchev–Trinajstić information content (AvgIpc) is 3.13. The van der Waals surface area contributed by atoms with Crippen LogP contribution in [0.2, 0.25) is 0 Å². The van der Waals surface area contributed by atoms with Gasteiger partial charge in [0.1, 0.15) is 5.60 Å². The smallest absolute Gasteiger partial charge is 0.315 e. The van der Waals surface area contributed by atoms with E-state index in [-0.39, 0.29) is 6.04 Å². The van der Waals surface area contributed by atoms with Crippen molar-refractivity contribution in [2.45, 2.75) is 101 Å². The van der Waals surface area contributed by atoms with Crippen LogP contribution >= 0.6 is 0 Å². The number of fused-ring (bicyclic) bond motifs is 2. The third-order valence-electron chi connectivity index (χ3n) is 9.56. The fourth-order valence-corrected chi connectivity index (χ4v) is 7.55. The quantitative estimate of drug-likeness (QED) is 0.503. The fourth-order valence-electron chi connectivity index (χ4n) is 7.55. The van der Waals surface area contributed by atoms with Gasteiger partial charge in [-0.3, -0.25) is 4.90 Å². The summed E-state index contributed by atoms with van der Waals surface area (Å²) in [5, 5.41) is 12.3. The molecular weight excluding hydrogens is 446 g/mol. The molecule has 3 unspecified atom stereocenters. The zero-order valence-electron chi connectivity index (χ0n) is 21.8. The van der Waals surface area contributed by atoms with Crippen LogP contribution < -0.4 is 5.73 Å². The number of piperidine rings is 1. The number of hydrogen-bond acceptors (Lipinski definition) is 3. The van der Waals surface area contributed by atoms with E-state index in [1.165, 1.54) is 45.1 Å². The maximum atomic E-state index is 12.9. The lowest BCUT2D eigenvalue weighted by molar-refractivity contribution is -0.0175. The summed E-state index contributed by atoms with van der Waals surface area (Å²) in [4.78, 5) is 17.5. The molecule has 2 heterocycles.